The molecule has 4 heteroatoms. The van der Waals surface area contributed by atoms with E-state index in [1.807, 2.05) is 36.4 Å². The number of hydrogen-bond acceptors (Lipinski definition) is 3. The van der Waals surface area contributed by atoms with Gasteiger partial charge in [-0.1, -0.05) is 30.3 Å². The maximum absolute atomic E-state index is 12.3. The van der Waals surface area contributed by atoms with Gasteiger partial charge in [-0.3, -0.25) is 4.79 Å². The molecule has 0 spiro atoms. The molecule has 0 bridgehead atoms. The molecule has 110 valence electrons. The van der Waals surface area contributed by atoms with Gasteiger partial charge in [0.25, 0.3) is 5.91 Å². The van der Waals surface area contributed by atoms with Gasteiger partial charge in [0.2, 0.25) is 0 Å². The number of aromatic hydroxyl groups is 1. The molecule has 3 aromatic carbocycles. The number of anilines is 1. The molecule has 2 N–H and O–H groups in total. The van der Waals surface area contributed by atoms with Gasteiger partial charge >= 0.3 is 0 Å². The van der Waals surface area contributed by atoms with Gasteiger partial charge in [0.1, 0.15) is 11.5 Å². The van der Waals surface area contributed by atoms with Gasteiger partial charge in [0.15, 0.2) is 0 Å². The summed E-state index contributed by atoms with van der Waals surface area (Å²) in [5.41, 5.74) is 0.905. The van der Waals surface area contributed by atoms with Crippen molar-refractivity contribution in [2.75, 3.05) is 12.4 Å². The molecular formula is C18H15NO3. The molecule has 3 aromatic rings. The molecule has 0 aliphatic rings. The average molecular weight is 293 g/mol. The summed E-state index contributed by atoms with van der Waals surface area (Å²) in [6.07, 6.45) is 0. The molecule has 0 aromatic heterocycles. The molecule has 0 unspecified atom stereocenters. The lowest BCUT2D eigenvalue weighted by atomic mass is 10.0. The third kappa shape index (κ3) is 2.59. The van der Waals surface area contributed by atoms with Crippen molar-refractivity contribution >= 4 is 22.4 Å². The second-order valence-electron chi connectivity index (χ2n) is 4.87. The van der Waals surface area contributed by atoms with Crippen LogP contribution < -0.4 is 10.1 Å². The molecular weight excluding hydrogens is 278 g/mol. The topological polar surface area (TPSA) is 58.6 Å². The highest BCUT2D eigenvalue weighted by atomic mass is 16.5. The number of carbonyl (C=O) groups is 1. The molecule has 0 radical (unpaired) electrons. The SMILES string of the molecule is COc1cccc2cc(C(=O)Nc3ccccc3)c(O)cc12. The molecule has 0 fully saturated rings. The van der Waals surface area contributed by atoms with E-state index < -0.39 is 0 Å². The van der Waals surface area contributed by atoms with Crippen LogP contribution in [0.2, 0.25) is 0 Å². The summed E-state index contributed by atoms with van der Waals surface area (Å²) < 4.78 is 5.27. The predicted molar refractivity (Wildman–Crippen MR) is 86.6 cm³/mol. The normalized spacial score (nSPS) is 10.4. The number of methoxy groups -OCH3 is 1. The minimum Gasteiger partial charge on any atom is -0.507 e. The first-order valence-electron chi connectivity index (χ1n) is 6.85. The average Bonchev–Trinajstić information content (AvgIpc) is 2.54. The molecule has 4 nitrogen and oxygen atoms in total. The lowest BCUT2D eigenvalue weighted by Crippen LogP contribution is -2.12. The van der Waals surface area contributed by atoms with Crippen molar-refractivity contribution in [1.82, 2.24) is 0 Å². The molecule has 0 saturated heterocycles. The Hall–Kier alpha value is -3.01. The fraction of sp³-hybridized carbons (Fsp3) is 0.0556. The van der Waals surface area contributed by atoms with Crippen LogP contribution in [0.4, 0.5) is 5.69 Å². The quantitative estimate of drug-likeness (QED) is 0.772. The van der Waals surface area contributed by atoms with Gasteiger partial charge in [-0.05, 0) is 35.7 Å². The molecule has 0 heterocycles. The number of ether oxygens (including phenoxy) is 1. The van der Waals surface area contributed by atoms with Crippen LogP contribution in [-0.2, 0) is 0 Å². The fourth-order valence-electron chi connectivity index (χ4n) is 2.37. The second-order valence-corrected chi connectivity index (χ2v) is 4.87. The monoisotopic (exact) mass is 293 g/mol. The smallest absolute Gasteiger partial charge is 0.259 e. The minimum atomic E-state index is -0.353. The zero-order valence-corrected chi connectivity index (χ0v) is 12.0. The van der Waals surface area contributed by atoms with E-state index in [2.05, 4.69) is 5.32 Å². The highest BCUT2D eigenvalue weighted by molar-refractivity contribution is 6.09. The van der Waals surface area contributed by atoms with Crippen LogP contribution in [0.15, 0.2) is 60.7 Å². The van der Waals surface area contributed by atoms with E-state index in [0.717, 1.165) is 10.8 Å². The Morgan fingerprint density at radius 3 is 2.55 bits per heavy atom. The zero-order chi connectivity index (χ0) is 15.5. The lowest BCUT2D eigenvalue weighted by Gasteiger charge is -2.10. The van der Waals surface area contributed by atoms with Crippen LogP contribution in [-0.4, -0.2) is 18.1 Å². The number of nitrogens with one attached hydrogen (secondary N) is 1. The molecule has 22 heavy (non-hydrogen) atoms. The number of hydrogen-bond donors (Lipinski definition) is 2. The second kappa shape index (κ2) is 5.77. The lowest BCUT2D eigenvalue weighted by molar-refractivity contribution is 0.102. The van der Waals surface area contributed by atoms with Crippen molar-refractivity contribution in [2.45, 2.75) is 0 Å². The number of fused-ring (bicyclic) bond motifs is 1. The Labute approximate surface area is 128 Å². The van der Waals surface area contributed by atoms with Gasteiger partial charge in [-0.2, -0.15) is 0 Å². The summed E-state index contributed by atoms with van der Waals surface area (Å²) in [5, 5.41) is 14.5. The van der Waals surface area contributed by atoms with Gasteiger partial charge in [0, 0.05) is 11.1 Å². The number of amides is 1. The fourth-order valence-corrected chi connectivity index (χ4v) is 2.37. The van der Waals surface area contributed by atoms with E-state index in [-0.39, 0.29) is 17.2 Å². The Bertz CT molecular complexity index is 828. The van der Waals surface area contributed by atoms with Crippen LogP contribution in [0.1, 0.15) is 10.4 Å². The Morgan fingerprint density at radius 2 is 1.82 bits per heavy atom. The van der Waals surface area contributed by atoms with E-state index in [1.165, 1.54) is 0 Å². The van der Waals surface area contributed by atoms with Gasteiger partial charge in [-0.25, -0.2) is 0 Å². The van der Waals surface area contributed by atoms with E-state index >= 15 is 0 Å². The molecule has 0 atom stereocenters. The van der Waals surface area contributed by atoms with Crippen molar-refractivity contribution < 1.29 is 14.6 Å². The van der Waals surface area contributed by atoms with Crippen LogP contribution >= 0.6 is 0 Å². The van der Waals surface area contributed by atoms with Crippen LogP contribution in [0.5, 0.6) is 11.5 Å². The maximum Gasteiger partial charge on any atom is 0.259 e. The Morgan fingerprint density at radius 1 is 1.05 bits per heavy atom. The first kappa shape index (κ1) is 13.9. The van der Waals surface area contributed by atoms with Gasteiger partial charge in [0.05, 0.1) is 12.7 Å². The molecule has 0 aliphatic carbocycles. The number of benzene rings is 3. The van der Waals surface area contributed by atoms with E-state index in [9.17, 15) is 9.90 Å². The molecule has 0 aliphatic heterocycles. The summed E-state index contributed by atoms with van der Waals surface area (Å²) in [6, 6.07) is 17.9. The number of phenolic OH excluding ortho intramolecular Hbond substituents is 1. The van der Waals surface area contributed by atoms with Crippen LogP contribution in [0.25, 0.3) is 10.8 Å². The largest absolute Gasteiger partial charge is 0.507 e. The van der Waals surface area contributed by atoms with Gasteiger partial charge in [-0.15, -0.1) is 0 Å². The first-order chi connectivity index (χ1) is 10.7. The van der Waals surface area contributed by atoms with Crippen LogP contribution in [0, 0.1) is 0 Å². The van der Waals surface area contributed by atoms with Crippen molar-refractivity contribution in [3.63, 3.8) is 0 Å². The third-order valence-corrected chi connectivity index (χ3v) is 3.45. The first-order valence-corrected chi connectivity index (χ1v) is 6.85. The molecule has 1 amide bonds. The maximum atomic E-state index is 12.3. The summed E-state index contributed by atoms with van der Waals surface area (Å²) >= 11 is 0. The van der Waals surface area contributed by atoms with E-state index in [0.29, 0.717) is 11.4 Å². The van der Waals surface area contributed by atoms with Gasteiger partial charge < -0.3 is 15.2 Å². The third-order valence-electron chi connectivity index (χ3n) is 3.45. The van der Waals surface area contributed by atoms with Crippen molar-refractivity contribution in [2.24, 2.45) is 0 Å². The van der Waals surface area contributed by atoms with E-state index in [4.69, 9.17) is 4.74 Å². The van der Waals surface area contributed by atoms with Crippen molar-refractivity contribution in [1.29, 1.82) is 0 Å². The highest BCUT2D eigenvalue weighted by Crippen LogP contribution is 2.31. The summed E-state index contributed by atoms with van der Waals surface area (Å²) in [6.45, 7) is 0. The molecule has 0 saturated carbocycles. The zero-order valence-electron chi connectivity index (χ0n) is 12.0. The van der Waals surface area contributed by atoms with Crippen molar-refractivity contribution in [3.8, 4) is 11.5 Å². The van der Waals surface area contributed by atoms with Crippen LogP contribution in [0.3, 0.4) is 0 Å². The Balaban J connectivity index is 2.00. The Kier molecular flexibility index (Phi) is 3.66. The number of carbonyl (C=O) groups excluding carboxylic acids is 1. The summed E-state index contributed by atoms with van der Waals surface area (Å²) in [7, 11) is 1.57. The predicted octanol–water partition coefficient (Wildman–Crippen LogP) is 3.81. The summed E-state index contributed by atoms with van der Waals surface area (Å²) in [5.74, 6) is 0.224. The highest BCUT2D eigenvalue weighted by Gasteiger charge is 2.14. The van der Waals surface area contributed by atoms with Crippen molar-refractivity contribution in [3.05, 3.63) is 66.2 Å². The molecule has 3 rings (SSSR count). The number of rotatable bonds is 3. The summed E-state index contributed by atoms with van der Waals surface area (Å²) in [4.78, 5) is 12.3. The number of phenols is 1. The minimum absolute atomic E-state index is 0.0783. The van der Waals surface area contributed by atoms with E-state index in [1.54, 1.807) is 31.4 Å². The number of para-hydroxylation sites is 1. The standard InChI is InChI=1S/C18H15NO3/c1-22-17-9-5-6-12-10-15(16(20)11-14(12)17)18(21)19-13-7-3-2-4-8-13/h2-11,20H,1H3,(H,19,21).